The van der Waals surface area contributed by atoms with E-state index in [0.29, 0.717) is 17.7 Å². The van der Waals surface area contributed by atoms with Crippen LogP contribution in [0.1, 0.15) is 22.8 Å². The van der Waals surface area contributed by atoms with Crippen LogP contribution in [0.25, 0.3) is 11.0 Å². The first-order valence-corrected chi connectivity index (χ1v) is 11.7. The second kappa shape index (κ2) is 9.02. The van der Waals surface area contributed by atoms with E-state index >= 15 is 0 Å². The molecule has 176 valence electrons. The number of aromatic carboxylic acids is 1. The maximum Gasteiger partial charge on any atom is 0.335 e. The van der Waals surface area contributed by atoms with Crippen LogP contribution in [0, 0.1) is 6.92 Å². The van der Waals surface area contributed by atoms with Crippen LogP contribution in [0.2, 0.25) is 0 Å². The fourth-order valence-corrected chi connectivity index (χ4v) is 4.63. The average molecular weight is 483 g/mol. The molecule has 2 heterocycles. The zero-order chi connectivity index (χ0) is 24.5. The van der Waals surface area contributed by atoms with Crippen molar-refractivity contribution in [3.8, 4) is 11.6 Å². The number of fused-ring (bicyclic) bond motifs is 1. The van der Waals surface area contributed by atoms with Gasteiger partial charge in [-0.2, -0.15) is 9.97 Å². The summed E-state index contributed by atoms with van der Waals surface area (Å²) in [6, 6.07) is 12.4. The molecule has 0 amide bonds. The molecule has 2 aromatic heterocycles. The molecule has 0 aliphatic heterocycles. The number of aryl methyl sites for hydroxylation is 1. The van der Waals surface area contributed by atoms with E-state index in [-0.39, 0.29) is 33.7 Å². The Kier molecular flexibility index (Phi) is 6.12. The highest BCUT2D eigenvalue weighted by molar-refractivity contribution is 7.90. The zero-order valence-electron chi connectivity index (χ0n) is 18.6. The van der Waals surface area contributed by atoms with E-state index in [1.807, 2.05) is 6.92 Å². The molecule has 0 saturated heterocycles. The lowest BCUT2D eigenvalue weighted by atomic mass is 10.2. The number of ether oxygens (including phenoxy) is 2. The highest BCUT2D eigenvalue weighted by atomic mass is 32.2. The standard InChI is InChI=1S/C23H22N4O6S/c1-4-33-21-17-11-12-27(34(30,31)16-8-5-14(2)6-9-16)20(17)25-23(26-21)24-18-10-7-15(22(28)29)13-19(18)32-3/h5-13H,4H2,1-3H3,(H,28,29)(H,24,25,26). The molecule has 4 rings (SSSR count). The molecule has 0 fully saturated rings. The number of aromatic nitrogens is 3. The molecule has 11 heteroatoms. The minimum Gasteiger partial charge on any atom is -0.495 e. The number of nitrogens with one attached hydrogen (secondary N) is 1. The van der Waals surface area contributed by atoms with Gasteiger partial charge in [0.1, 0.15) is 5.75 Å². The molecule has 0 radical (unpaired) electrons. The van der Waals surface area contributed by atoms with Crippen LogP contribution >= 0.6 is 0 Å². The van der Waals surface area contributed by atoms with Gasteiger partial charge in [-0.05, 0) is 50.2 Å². The van der Waals surface area contributed by atoms with Gasteiger partial charge in [0.05, 0.1) is 35.2 Å². The predicted molar refractivity (Wildman–Crippen MR) is 126 cm³/mol. The maximum absolute atomic E-state index is 13.3. The number of hydrogen-bond donors (Lipinski definition) is 2. The fourth-order valence-electron chi connectivity index (χ4n) is 3.33. The van der Waals surface area contributed by atoms with Crippen molar-refractivity contribution in [1.82, 2.24) is 13.9 Å². The lowest BCUT2D eigenvalue weighted by molar-refractivity contribution is 0.0696. The topological polar surface area (TPSA) is 133 Å². The van der Waals surface area contributed by atoms with Crippen LogP contribution in [0.3, 0.4) is 0 Å². The van der Waals surface area contributed by atoms with E-state index in [9.17, 15) is 18.3 Å². The average Bonchev–Trinajstić information content (AvgIpc) is 3.25. The number of hydrogen-bond acceptors (Lipinski definition) is 8. The van der Waals surface area contributed by atoms with Gasteiger partial charge in [-0.3, -0.25) is 0 Å². The largest absolute Gasteiger partial charge is 0.495 e. The van der Waals surface area contributed by atoms with E-state index in [2.05, 4.69) is 15.3 Å². The number of carbonyl (C=O) groups is 1. The summed E-state index contributed by atoms with van der Waals surface area (Å²) in [5, 5.41) is 12.6. The van der Waals surface area contributed by atoms with Crippen LogP contribution in [-0.4, -0.2) is 47.2 Å². The van der Waals surface area contributed by atoms with Crippen LogP contribution < -0.4 is 14.8 Å². The van der Waals surface area contributed by atoms with Gasteiger partial charge in [0.15, 0.2) is 5.65 Å². The molecule has 0 bridgehead atoms. The Morgan fingerprint density at radius 1 is 1.12 bits per heavy atom. The summed E-state index contributed by atoms with van der Waals surface area (Å²) < 4.78 is 38.7. The number of rotatable bonds is 8. The summed E-state index contributed by atoms with van der Waals surface area (Å²) in [6.45, 7) is 3.96. The van der Waals surface area contributed by atoms with Crippen molar-refractivity contribution >= 4 is 38.7 Å². The first-order valence-electron chi connectivity index (χ1n) is 10.3. The number of carboxylic acids is 1. The molecule has 0 saturated carbocycles. The molecule has 0 unspecified atom stereocenters. The van der Waals surface area contributed by atoms with Gasteiger partial charge in [-0.25, -0.2) is 17.2 Å². The van der Waals surface area contributed by atoms with Crippen molar-refractivity contribution < 1.29 is 27.8 Å². The van der Waals surface area contributed by atoms with Gasteiger partial charge in [0, 0.05) is 6.20 Å². The van der Waals surface area contributed by atoms with Gasteiger partial charge in [-0.1, -0.05) is 17.7 Å². The van der Waals surface area contributed by atoms with Crippen LogP contribution in [0.5, 0.6) is 11.6 Å². The second-order valence-electron chi connectivity index (χ2n) is 7.30. The summed E-state index contributed by atoms with van der Waals surface area (Å²) in [4.78, 5) is 20.2. The Hall–Kier alpha value is -4.12. The molecule has 34 heavy (non-hydrogen) atoms. The van der Waals surface area contributed by atoms with Crippen LogP contribution in [0.15, 0.2) is 59.6 Å². The Morgan fingerprint density at radius 3 is 2.50 bits per heavy atom. The lowest BCUT2D eigenvalue weighted by Crippen LogP contribution is -2.13. The highest BCUT2D eigenvalue weighted by Gasteiger charge is 2.23. The molecule has 0 aliphatic rings. The smallest absolute Gasteiger partial charge is 0.335 e. The zero-order valence-corrected chi connectivity index (χ0v) is 19.5. The normalized spacial score (nSPS) is 11.4. The van der Waals surface area contributed by atoms with Crippen molar-refractivity contribution in [2.45, 2.75) is 18.7 Å². The number of nitrogens with zero attached hydrogens (tertiary/aromatic N) is 3. The third-order valence-corrected chi connectivity index (χ3v) is 6.71. The summed E-state index contributed by atoms with van der Waals surface area (Å²) >= 11 is 0. The van der Waals surface area contributed by atoms with Crippen LogP contribution in [-0.2, 0) is 10.0 Å². The Morgan fingerprint density at radius 2 is 1.85 bits per heavy atom. The number of methoxy groups -OCH3 is 1. The molecular weight excluding hydrogens is 460 g/mol. The molecule has 0 atom stereocenters. The Balaban J connectivity index is 1.83. The first-order chi connectivity index (χ1) is 16.2. The monoisotopic (exact) mass is 482 g/mol. The summed E-state index contributed by atoms with van der Waals surface area (Å²) in [7, 11) is -2.53. The van der Waals surface area contributed by atoms with Gasteiger partial charge in [0.2, 0.25) is 11.8 Å². The summed E-state index contributed by atoms with van der Waals surface area (Å²) in [5.41, 5.74) is 1.51. The molecule has 10 nitrogen and oxygen atoms in total. The van der Waals surface area contributed by atoms with E-state index in [0.717, 1.165) is 9.54 Å². The molecule has 2 N–H and O–H groups in total. The Labute approximate surface area is 195 Å². The predicted octanol–water partition coefficient (Wildman–Crippen LogP) is 3.83. The highest BCUT2D eigenvalue weighted by Crippen LogP contribution is 2.32. The van der Waals surface area contributed by atoms with Crippen LogP contribution in [0.4, 0.5) is 11.6 Å². The molecular formula is C23H22N4O6S. The molecule has 4 aromatic rings. The van der Waals surface area contributed by atoms with Gasteiger partial charge < -0.3 is 19.9 Å². The third kappa shape index (κ3) is 4.25. The van der Waals surface area contributed by atoms with Gasteiger partial charge in [-0.15, -0.1) is 0 Å². The number of benzene rings is 2. The Bertz CT molecular complexity index is 1480. The second-order valence-corrected chi connectivity index (χ2v) is 9.11. The molecule has 0 aliphatic carbocycles. The minimum atomic E-state index is -3.94. The van der Waals surface area contributed by atoms with Gasteiger partial charge in [0.25, 0.3) is 10.0 Å². The van der Waals surface area contributed by atoms with Crippen molar-refractivity contribution in [3.63, 3.8) is 0 Å². The van der Waals surface area contributed by atoms with Crippen molar-refractivity contribution in [2.24, 2.45) is 0 Å². The van der Waals surface area contributed by atoms with Crippen molar-refractivity contribution in [2.75, 3.05) is 19.0 Å². The van der Waals surface area contributed by atoms with Crippen molar-refractivity contribution in [3.05, 3.63) is 65.9 Å². The number of anilines is 2. The maximum atomic E-state index is 13.3. The fraction of sp³-hybridized carbons (Fsp3) is 0.174. The SMILES string of the molecule is CCOc1nc(Nc2ccc(C(=O)O)cc2OC)nc2c1ccn2S(=O)(=O)c1ccc(C)cc1. The molecule has 0 spiro atoms. The molecule has 2 aromatic carbocycles. The lowest BCUT2D eigenvalue weighted by Gasteiger charge is -2.13. The van der Waals surface area contributed by atoms with E-state index in [4.69, 9.17) is 9.47 Å². The minimum absolute atomic E-state index is 0.0480. The summed E-state index contributed by atoms with van der Waals surface area (Å²) in [5.74, 6) is -0.588. The van der Waals surface area contributed by atoms with E-state index < -0.39 is 16.0 Å². The van der Waals surface area contributed by atoms with Gasteiger partial charge >= 0.3 is 5.97 Å². The van der Waals surface area contributed by atoms with E-state index in [1.54, 1.807) is 25.1 Å². The first kappa shape index (κ1) is 23.1. The van der Waals surface area contributed by atoms with Crippen molar-refractivity contribution in [1.29, 1.82) is 0 Å². The third-order valence-electron chi connectivity index (χ3n) is 5.03. The summed E-state index contributed by atoms with van der Waals surface area (Å²) in [6.07, 6.45) is 1.41. The number of carboxylic acid groups (broad SMARTS) is 1. The quantitative estimate of drug-likeness (QED) is 0.384. The van der Waals surface area contributed by atoms with E-state index in [1.165, 1.54) is 43.6 Å².